The quantitative estimate of drug-likeness (QED) is 0.866. The molecule has 0 radical (unpaired) electrons. The van der Waals surface area contributed by atoms with E-state index < -0.39 is 0 Å². The van der Waals surface area contributed by atoms with E-state index in [1.807, 2.05) is 0 Å². The van der Waals surface area contributed by atoms with Gasteiger partial charge in [0.2, 0.25) is 5.91 Å². The van der Waals surface area contributed by atoms with Crippen molar-refractivity contribution in [3.8, 4) is 0 Å². The fraction of sp³-hybridized carbons (Fsp3) is 0.643. The number of carbonyl (C=O) groups excluding carboxylic acids is 1. The van der Waals surface area contributed by atoms with Crippen molar-refractivity contribution in [3.05, 3.63) is 21.6 Å². The Morgan fingerprint density at radius 1 is 1.52 bits per heavy atom. The lowest BCUT2D eigenvalue weighted by Gasteiger charge is -2.25. The third-order valence-electron chi connectivity index (χ3n) is 3.79. The fourth-order valence-electron chi connectivity index (χ4n) is 2.20. The number of nitrogens with zero attached hydrogens (tertiary/aromatic N) is 3. The molecule has 0 atom stereocenters. The van der Waals surface area contributed by atoms with Gasteiger partial charge < -0.3 is 10.2 Å². The highest BCUT2D eigenvalue weighted by Crippen LogP contribution is 2.27. The van der Waals surface area contributed by atoms with Crippen LogP contribution in [0.15, 0.2) is 11.0 Å². The van der Waals surface area contributed by atoms with Gasteiger partial charge in [-0.2, -0.15) is 5.10 Å². The van der Waals surface area contributed by atoms with Crippen LogP contribution in [-0.2, 0) is 11.3 Å². The van der Waals surface area contributed by atoms with Crippen LogP contribution in [0.4, 0.5) is 5.69 Å². The van der Waals surface area contributed by atoms with Gasteiger partial charge in [-0.1, -0.05) is 18.0 Å². The first-order valence-electron chi connectivity index (χ1n) is 7.18. The van der Waals surface area contributed by atoms with Gasteiger partial charge in [0.25, 0.3) is 5.56 Å². The number of rotatable bonds is 6. The number of halogens is 1. The molecule has 7 heteroatoms. The molecule has 6 nitrogen and oxygen atoms in total. The minimum Gasteiger partial charge on any atom is -0.379 e. The molecule has 1 aromatic rings. The molecule has 0 unspecified atom stereocenters. The lowest BCUT2D eigenvalue weighted by molar-refractivity contribution is -0.128. The number of hydrogen-bond acceptors (Lipinski definition) is 4. The van der Waals surface area contributed by atoms with E-state index in [0.717, 1.165) is 12.8 Å². The molecule has 1 aliphatic carbocycles. The molecule has 1 N–H and O–H groups in total. The van der Waals surface area contributed by atoms with E-state index in [1.165, 1.54) is 22.2 Å². The van der Waals surface area contributed by atoms with Crippen molar-refractivity contribution in [1.29, 1.82) is 0 Å². The maximum atomic E-state index is 12.3. The summed E-state index contributed by atoms with van der Waals surface area (Å²) in [5.41, 5.74) is 0.115. The summed E-state index contributed by atoms with van der Waals surface area (Å²) >= 11 is 6.03. The van der Waals surface area contributed by atoms with Crippen molar-refractivity contribution in [3.63, 3.8) is 0 Å². The normalized spacial score (nSPS) is 14.6. The minimum absolute atomic E-state index is 0.00229. The number of carbonyl (C=O) groups is 1. The molecule has 1 aromatic heterocycles. The van der Waals surface area contributed by atoms with E-state index in [-0.39, 0.29) is 11.5 Å². The van der Waals surface area contributed by atoms with Crippen LogP contribution in [0.2, 0.25) is 5.02 Å². The number of aromatic nitrogens is 2. The second-order valence-electron chi connectivity index (χ2n) is 5.62. The molecule has 116 valence electrons. The Morgan fingerprint density at radius 3 is 2.81 bits per heavy atom. The summed E-state index contributed by atoms with van der Waals surface area (Å²) in [5.74, 6) is 0.544. The monoisotopic (exact) mass is 312 g/mol. The van der Waals surface area contributed by atoms with Crippen molar-refractivity contribution in [2.45, 2.75) is 32.2 Å². The Kier molecular flexibility index (Phi) is 5.22. The lowest BCUT2D eigenvalue weighted by atomic mass is 9.85. The molecule has 21 heavy (non-hydrogen) atoms. The lowest BCUT2D eigenvalue weighted by Crippen LogP contribution is -2.31. The topological polar surface area (TPSA) is 67.2 Å². The van der Waals surface area contributed by atoms with Crippen LogP contribution in [0, 0.1) is 5.92 Å². The van der Waals surface area contributed by atoms with Crippen LogP contribution in [0.25, 0.3) is 0 Å². The average Bonchev–Trinajstić information content (AvgIpc) is 2.39. The van der Waals surface area contributed by atoms with Gasteiger partial charge in [0.1, 0.15) is 5.69 Å². The van der Waals surface area contributed by atoms with Crippen molar-refractivity contribution in [1.82, 2.24) is 14.7 Å². The highest BCUT2D eigenvalue weighted by molar-refractivity contribution is 6.33. The Morgan fingerprint density at radius 2 is 2.24 bits per heavy atom. The highest BCUT2D eigenvalue weighted by Gasteiger charge is 2.20. The van der Waals surface area contributed by atoms with Crippen LogP contribution < -0.4 is 10.9 Å². The summed E-state index contributed by atoms with van der Waals surface area (Å²) in [6.45, 7) is 1.01. The van der Waals surface area contributed by atoms with Gasteiger partial charge in [0, 0.05) is 33.6 Å². The standard InChI is InChI=1S/C14H21ClN4O2/c1-18(2)12(20)6-7-16-13-11(15)8-17-19(14(13)21)9-10-4-3-5-10/h8,10,16H,3-7,9H2,1-2H3. The zero-order chi connectivity index (χ0) is 15.4. The summed E-state index contributed by atoms with van der Waals surface area (Å²) in [6, 6.07) is 0. The summed E-state index contributed by atoms with van der Waals surface area (Å²) in [6.07, 6.45) is 5.32. The van der Waals surface area contributed by atoms with Crippen molar-refractivity contribution >= 4 is 23.2 Å². The zero-order valence-corrected chi connectivity index (χ0v) is 13.2. The van der Waals surface area contributed by atoms with Gasteiger partial charge >= 0.3 is 0 Å². The molecule has 0 spiro atoms. The third kappa shape index (κ3) is 3.97. The molecule has 1 heterocycles. The molecular weight excluding hydrogens is 292 g/mol. The second kappa shape index (κ2) is 6.93. The molecular formula is C14H21ClN4O2. The van der Waals surface area contributed by atoms with E-state index >= 15 is 0 Å². The largest absolute Gasteiger partial charge is 0.379 e. The number of anilines is 1. The summed E-state index contributed by atoms with van der Waals surface area (Å²) in [7, 11) is 3.40. The Hall–Kier alpha value is -1.56. The second-order valence-corrected chi connectivity index (χ2v) is 6.02. The predicted molar refractivity (Wildman–Crippen MR) is 82.6 cm³/mol. The van der Waals surface area contributed by atoms with Gasteiger partial charge in [-0.05, 0) is 18.8 Å². The summed E-state index contributed by atoms with van der Waals surface area (Å²) in [4.78, 5) is 25.4. The van der Waals surface area contributed by atoms with E-state index in [2.05, 4.69) is 10.4 Å². The molecule has 1 aliphatic rings. The fourth-order valence-corrected chi connectivity index (χ4v) is 2.39. The number of nitrogens with one attached hydrogen (secondary N) is 1. The Balaban J connectivity index is 2.02. The first-order chi connectivity index (χ1) is 9.99. The minimum atomic E-state index is -0.216. The number of amides is 1. The maximum absolute atomic E-state index is 12.3. The smallest absolute Gasteiger partial charge is 0.291 e. The molecule has 2 rings (SSSR count). The Bertz CT molecular complexity index is 567. The van der Waals surface area contributed by atoms with E-state index in [4.69, 9.17) is 11.6 Å². The van der Waals surface area contributed by atoms with Gasteiger partial charge in [-0.3, -0.25) is 9.59 Å². The zero-order valence-electron chi connectivity index (χ0n) is 12.4. The van der Waals surface area contributed by atoms with Gasteiger partial charge in [0.05, 0.1) is 11.2 Å². The van der Waals surface area contributed by atoms with Crippen molar-refractivity contribution in [2.75, 3.05) is 26.0 Å². The third-order valence-corrected chi connectivity index (χ3v) is 4.08. The molecule has 1 saturated carbocycles. The predicted octanol–water partition coefficient (Wildman–Crippen LogP) is 1.59. The first kappa shape index (κ1) is 15.8. The molecule has 0 saturated heterocycles. The van der Waals surface area contributed by atoms with Gasteiger partial charge in [-0.15, -0.1) is 0 Å². The summed E-state index contributed by atoms with van der Waals surface area (Å²) in [5, 5.41) is 7.35. The molecule has 0 aliphatic heterocycles. The molecule has 0 bridgehead atoms. The van der Waals surface area contributed by atoms with Crippen LogP contribution in [0.3, 0.4) is 0 Å². The van der Waals surface area contributed by atoms with E-state index in [9.17, 15) is 9.59 Å². The van der Waals surface area contributed by atoms with E-state index in [0.29, 0.717) is 36.1 Å². The van der Waals surface area contributed by atoms with E-state index in [1.54, 1.807) is 14.1 Å². The van der Waals surface area contributed by atoms with Crippen LogP contribution in [0.5, 0.6) is 0 Å². The maximum Gasteiger partial charge on any atom is 0.291 e. The van der Waals surface area contributed by atoms with Crippen molar-refractivity contribution in [2.24, 2.45) is 5.92 Å². The SMILES string of the molecule is CN(C)C(=O)CCNc1c(Cl)cnn(CC2CCC2)c1=O. The molecule has 0 aromatic carbocycles. The molecule has 1 amide bonds. The van der Waals surface area contributed by atoms with Gasteiger partial charge in [0.15, 0.2) is 0 Å². The molecule has 1 fully saturated rings. The van der Waals surface area contributed by atoms with Crippen LogP contribution >= 0.6 is 11.6 Å². The van der Waals surface area contributed by atoms with Crippen molar-refractivity contribution < 1.29 is 4.79 Å². The first-order valence-corrected chi connectivity index (χ1v) is 7.56. The average molecular weight is 313 g/mol. The van der Waals surface area contributed by atoms with Crippen LogP contribution in [-0.4, -0.2) is 41.2 Å². The number of hydrogen-bond donors (Lipinski definition) is 1. The van der Waals surface area contributed by atoms with Gasteiger partial charge in [-0.25, -0.2) is 4.68 Å². The van der Waals surface area contributed by atoms with Crippen LogP contribution in [0.1, 0.15) is 25.7 Å². The Labute approximate surface area is 129 Å². The summed E-state index contributed by atoms with van der Waals surface area (Å²) < 4.78 is 1.46. The highest BCUT2D eigenvalue weighted by atomic mass is 35.5.